The molecule has 0 aliphatic carbocycles. The number of benzene rings is 1. The first-order chi connectivity index (χ1) is 9.15. The molecule has 1 aromatic rings. The number of amides is 1. The van der Waals surface area contributed by atoms with Crippen LogP contribution in [0.2, 0.25) is 0 Å². The molecule has 19 heavy (non-hydrogen) atoms. The van der Waals surface area contributed by atoms with Gasteiger partial charge in [0.25, 0.3) is 0 Å². The number of hydrogen-bond acceptors (Lipinski definition) is 2. The summed E-state index contributed by atoms with van der Waals surface area (Å²) < 4.78 is 5.36. The zero-order valence-electron chi connectivity index (χ0n) is 11.7. The maximum absolute atomic E-state index is 12.3. The molecular weight excluding hydrogens is 238 g/mol. The summed E-state index contributed by atoms with van der Waals surface area (Å²) in [5.74, 6) is 0.951. The van der Waals surface area contributed by atoms with Gasteiger partial charge in [0.1, 0.15) is 5.75 Å². The number of rotatable bonds is 4. The Hall–Kier alpha value is -1.77. The molecule has 1 amide bonds. The van der Waals surface area contributed by atoms with Crippen LogP contribution in [0.4, 0.5) is 0 Å². The quantitative estimate of drug-likeness (QED) is 0.832. The van der Waals surface area contributed by atoms with Crippen molar-refractivity contribution in [1.82, 2.24) is 4.90 Å². The first-order valence-electron chi connectivity index (χ1n) is 6.74. The second-order valence-corrected chi connectivity index (χ2v) is 5.03. The summed E-state index contributed by atoms with van der Waals surface area (Å²) in [4.78, 5) is 14.3. The monoisotopic (exact) mass is 259 g/mol. The predicted octanol–water partition coefficient (Wildman–Crippen LogP) is 2.89. The molecule has 1 aliphatic rings. The van der Waals surface area contributed by atoms with Crippen molar-refractivity contribution >= 4 is 12.0 Å². The van der Waals surface area contributed by atoms with E-state index in [1.165, 1.54) is 0 Å². The molecule has 0 N–H and O–H groups in total. The lowest BCUT2D eigenvalue weighted by Gasteiger charge is -2.22. The van der Waals surface area contributed by atoms with Gasteiger partial charge >= 0.3 is 0 Å². The highest BCUT2D eigenvalue weighted by atomic mass is 16.5. The third-order valence-electron chi connectivity index (χ3n) is 3.76. The van der Waals surface area contributed by atoms with E-state index in [1.807, 2.05) is 23.1 Å². The van der Waals surface area contributed by atoms with E-state index in [9.17, 15) is 4.79 Å². The van der Waals surface area contributed by atoms with Crippen LogP contribution in [0.1, 0.15) is 30.9 Å². The van der Waals surface area contributed by atoms with E-state index in [1.54, 1.807) is 13.2 Å². The van der Waals surface area contributed by atoms with E-state index in [-0.39, 0.29) is 5.91 Å². The Balaban J connectivity index is 2.14. The lowest BCUT2D eigenvalue weighted by Crippen LogP contribution is -2.34. The zero-order valence-corrected chi connectivity index (χ0v) is 11.7. The van der Waals surface area contributed by atoms with Crippen molar-refractivity contribution in [1.29, 1.82) is 0 Å². The summed E-state index contributed by atoms with van der Waals surface area (Å²) in [7, 11) is 1.63. The van der Waals surface area contributed by atoms with Gasteiger partial charge in [-0.25, -0.2) is 0 Å². The Bertz CT molecular complexity index is 482. The smallest absolute Gasteiger partial charge is 0.227 e. The number of likely N-dealkylation sites (tertiary alicyclic amines) is 1. The van der Waals surface area contributed by atoms with Crippen molar-refractivity contribution in [2.75, 3.05) is 13.7 Å². The fourth-order valence-electron chi connectivity index (χ4n) is 2.60. The molecule has 1 aromatic carbocycles. The third-order valence-corrected chi connectivity index (χ3v) is 3.76. The molecule has 3 heteroatoms. The molecule has 1 saturated heterocycles. The Labute approximate surface area is 114 Å². The number of methoxy groups -OCH3 is 1. The maximum atomic E-state index is 12.3. The number of ether oxygens (including phenoxy) is 1. The van der Waals surface area contributed by atoms with Gasteiger partial charge in [-0.15, -0.1) is 0 Å². The first kappa shape index (κ1) is 13.7. The van der Waals surface area contributed by atoms with E-state index in [4.69, 9.17) is 4.74 Å². The van der Waals surface area contributed by atoms with Crippen LogP contribution in [0.15, 0.2) is 24.8 Å². The molecule has 102 valence electrons. The second kappa shape index (κ2) is 5.91. The molecule has 1 fully saturated rings. The highest BCUT2D eigenvalue weighted by Crippen LogP contribution is 2.24. The second-order valence-electron chi connectivity index (χ2n) is 5.03. The molecule has 3 nitrogen and oxygen atoms in total. The molecule has 1 unspecified atom stereocenters. The third kappa shape index (κ3) is 2.98. The number of carbonyl (C=O) groups is 1. The molecule has 2 rings (SSSR count). The van der Waals surface area contributed by atoms with Crippen LogP contribution in [0.3, 0.4) is 0 Å². The summed E-state index contributed by atoms with van der Waals surface area (Å²) in [5.41, 5.74) is 1.94. The van der Waals surface area contributed by atoms with E-state index < -0.39 is 0 Å². The predicted molar refractivity (Wildman–Crippen MR) is 77.2 cm³/mol. The van der Waals surface area contributed by atoms with Gasteiger partial charge in [0.05, 0.1) is 13.5 Å². The van der Waals surface area contributed by atoms with Crippen LogP contribution < -0.4 is 4.74 Å². The fourth-order valence-corrected chi connectivity index (χ4v) is 2.60. The highest BCUT2D eigenvalue weighted by Gasteiger charge is 2.25. The molecule has 0 bridgehead atoms. The van der Waals surface area contributed by atoms with Gasteiger partial charge < -0.3 is 9.64 Å². The minimum Gasteiger partial charge on any atom is -0.496 e. The van der Waals surface area contributed by atoms with Crippen LogP contribution >= 0.6 is 0 Å². The lowest BCUT2D eigenvalue weighted by molar-refractivity contribution is -0.131. The van der Waals surface area contributed by atoms with Crippen LogP contribution in [0.25, 0.3) is 6.08 Å². The minimum atomic E-state index is 0.189. The van der Waals surface area contributed by atoms with Crippen LogP contribution in [0, 0.1) is 0 Å². The highest BCUT2D eigenvalue weighted by molar-refractivity contribution is 5.80. The summed E-state index contributed by atoms with van der Waals surface area (Å²) in [5, 5.41) is 0. The average Bonchev–Trinajstić information content (AvgIpc) is 2.85. The van der Waals surface area contributed by atoms with Crippen LogP contribution in [0.5, 0.6) is 5.75 Å². The van der Waals surface area contributed by atoms with Crippen LogP contribution in [-0.2, 0) is 11.2 Å². The van der Waals surface area contributed by atoms with Gasteiger partial charge in [-0.3, -0.25) is 4.79 Å². The maximum Gasteiger partial charge on any atom is 0.227 e. The van der Waals surface area contributed by atoms with E-state index in [0.29, 0.717) is 12.5 Å². The number of carbonyl (C=O) groups excluding carboxylic acids is 1. The summed E-state index contributed by atoms with van der Waals surface area (Å²) in [6.07, 6.45) is 4.40. The van der Waals surface area contributed by atoms with Crippen molar-refractivity contribution in [2.24, 2.45) is 0 Å². The van der Waals surface area contributed by atoms with Crippen molar-refractivity contribution in [2.45, 2.75) is 32.2 Å². The number of nitrogens with zero attached hydrogens (tertiary/aromatic N) is 1. The first-order valence-corrected chi connectivity index (χ1v) is 6.74. The van der Waals surface area contributed by atoms with Gasteiger partial charge in [-0.05, 0) is 31.4 Å². The van der Waals surface area contributed by atoms with Crippen molar-refractivity contribution in [3.63, 3.8) is 0 Å². The van der Waals surface area contributed by atoms with Crippen LogP contribution in [-0.4, -0.2) is 30.5 Å². The Morgan fingerprint density at radius 2 is 2.37 bits per heavy atom. The molecule has 0 saturated carbocycles. The summed E-state index contributed by atoms with van der Waals surface area (Å²) >= 11 is 0. The van der Waals surface area contributed by atoms with E-state index in [0.717, 1.165) is 36.3 Å². The molecular formula is C16H21NO2. The van der Waals surface area contributed by atoms with Crippen molar-refractivity contribution < 1.29 is 9.53 Å². The van der Waals surface area contributed by atoms with Crippen molar-refractivity contribution in [3.05, 3.63) is 35.9 Å². The topological polar surface area (TPSA) is 29.5 Å². The normalized spacial score (nSPS) is 18.4. The zero-order chi connectivity index (χ0) is 13.8. The molecule has 1 atom stereocenters. The molecule has 0 aromatic heterocycles. The van der Waals surface area contributed by atoms with E-state index in [2.05, 4.69) is 13.5 Å². The average molecular weight is 259 g/mol. The Morgan fingerprint density at radius 1 is 1.58 bits per heavy atom. The van der Waals surface area contributed by atoms with E-state index >= 15 is 0 Å². The number of hydrogen-bond donors (Lipinski definition) is 0. The van der Waals surface area contributed by atoms with Gasteiger partial charge in [-0.2, -0.15) is 0 Å². The Morgan fingerprint density at radius 3 is 2.95 bits per heavy atom. The van der Waals surface area contributed by atoms with Gasteiger partial charge in [0.2, 0.25) is 5.91 Å². The van der Waals surface area contributed by atoms with Crippen molar-refractivity contribution in [3.8, 4) is 5.75 Å². The molecule has 1 aliphatic heterocycles. The standard InChI is InChI=1S/C16H21NO2/c1-4-13-7-8-14(15(10-13)19-3)11-16(18)17-9-5-6-12(17)2/h4,7-8,10,12H,1,5-6,9,11H2,2-3H3. The molecule has 0 spiro atoms. The van der Waals surface area contributed by atoms with Gasteiger partial charge in [0, 0.05) is 18.2 Å². The van der Waals surface area contributed by atoms with Gasteiger partial charge in [0.15, 0.2) is 0 Å². The largest absolute Gasteiger partial charge is 0.496 e. The Kier molecular flexibility index (Phi) is 4.25. The minimum absolute atomic E-state index is 0.189. The summed E-state index contributed by atoms with van der Waals surface area (Å²) in [6, 6.07) is 6.20. The molecule has 0 radical (unpaired) electrons. The summed E-state index contributed by atoms with van der Waals surface area (Å²) in [6.45, 7) is 6.74. The lowest BCUT2D eigenvalue weighted by atomic mass is 10.1. The fraction of sp³-hybridized carbons (Fsp3) is 0.438. The SMILES string of the molecule is C=Cc1ccc(CC(=O)N2CCCC2C)c(OC)c1. The van der Waals surface area contributed by atoms with Gasteiger partial charge in [-0.1, -0.05) is 24.8 Å². The molecule has 1 heterocycles.